The first-order chi connectivity index (χ1) is 17.4. The van der Waals surface area contributed by atoms with Gasteiger partial charge in [0.25, 0.3) is 8.32 Å². The number of aliphatic carboxylic acids is 1. The zero-order valence-corrected chi connectivity index (χ0v) is 24.4. The number of hydrogen-bond acceptors (Lipinski definition) is 4. The molecule has 0 heterocycles. The Morgan fingerprint density at radius 1 is 0.811 bits per heavy atom. The third-order valence-electron chi connectivity index (χ3n) is 6.36. The van der Waals surface area contributed by atoms with Gasteiger partial charge in [-0.15, -0.1) is 0 Å². The highest BCUT2D eigenvalue weighted by molar-refractivity contribution is 6.99. The number of hydrogen-bond donors (Lipinski definition) is 2. The minimum Gasteiger partial charge on any atom is -0.480 e. The normalized spacial score (nSPS) is 13.1. The molecule has 0 spiro atoms. The van der Waals surface area contributed by atoms with Crippen LogP contribution in [0.2, 0.25) is 5.04 Å². The number of carbonyl (C=O) groups excluding carboxylic acids is 1. The van der Waals surface area contributed by atoms with Gasteiger partial charge < -0.3 is 19.6 Å². The molecule has 0 aliphatic rings. The van der Waals surface area contributed by atoms with Gasteiger partial charge in [0.1, 0.15) is 11.6 Å². The minimum atomic E-state index is -2.50. The van der Waals surface area contributed by atoms with Crippen molar-refractivity contribution in [2.24, 2.45) is 0 Å². The van der Waals surface area contributed by atoms with E-state index in [1.807, 2.05) is 12.1 Å². The monoisotopic (exact) mass is 527 g/mol. The van der Waals surface area contributed by atoms with E-state index in [1.54, 1.807) is 20.8 Å². The minimum absolute atomic E-state index is 0.0390. The van der Waals surface area contributed by atoms with Crippen LogP contribution in [0.1, 0.15) is 80.1 Å². The molecule has 2 rings (SSSR count). The maximum Gasteiger partial charge on any atom is 0.408 e. The van der Waals surface area contributed by atoms with E-state index >= 15 is 0 Å². The van der Waals surface area contributed by atoms with Crippen LogP contribution in [0.5, 0.6) is 0 Å². The van der Waals surface area contributed by atoms with Crippen molar-refractivity contribution < 1.29 is 23.9 Å². The van der Waals surface area contributed by atoms with Crippen LogP contribution < -0.4 is 15.7 Å². The number of rotatable bonds is 13. The predicted octanol–water partition coefficient (Wildman–Crippen LogP) is 5.88. The Morgan fingerprint density at radius 2 is 1.30 bits per heavy atom. The first-order valence-corrected chi connectivity index (χ1v) is 15.2. The van der Waals surface area contributed by atoms with Crippen LogP contribution in [-0.2, 0) is 14.0 Å². The van der Waals surface area contributed by atoms with Crippen molar-refractivity contribution in [3.05, 3.63) is 60.7 Å². The summed E-state index contributed by atoms with van der Waals surface area (Å²) in [6, 6.07) is 20.4. The Balaban J connectivity index is 1.88. The van der Waals surface area contributed by atoms with Gasteiger partial charge in [-0.3, -0.25) is 0 Å². The number of amides is 1. The SMILES string of the molecule is CC(C)(C)OC(=O)NC(CCCCCCCO[Si](c1ccccc1)(c1ccccc1)C(C)(C)C)C(=O)O. The van der Waals surface area contributed by atoms with Crippen molar-refractivity contribution in [1.82, 2.24) is 5.32 Å². The molecule has 0 aliphatic carbocycles. The molecule has 0 saturated heterocycles. The summed E-state index contributed by atoms with van der Waals surface area (Å²) >= 11 is 0. The Hall–Kier alpha value is -2.64. The lowest BCUT2D eigenvalue weighted by atomic mass is 10.1. The standard InChI is InChI=1S/C30H45NO5Si/c1-29(2,3)36-28(34)31-26(27(32)33)22-16-8-7-9-17-23-35-37(30(4,5)6,24-18-12-10-13-19-24)25-20-14-11-15-21-25/h10-15,18-21,26H,7-9,16-17,22-23H2,1-6H3,(H,31,34)(H,32,33). The second-order valence-electron chi connectivity index (χ2n) is 11.6. The van der Waals surface area contributed by atoms with E-state index in [-0.39, 0.29) is 5.04 Å². The van der Waals surface area contributed by atoms with Crippen LogP contribution in [0.15, 0.2) is 60.7 Å². The lowest BCUT2D eigenvalue weighted by Crippen LogP contribution is -2.66. The number of alkyl carbamates (subject to hydrolysis) is 1. The summed E-state index contributed by atoms with van der Waals surface area (Å²) in [6.07, 6.45) is 4.26. The topological polar surface area (TPSA) is 84.9 Å². The van der Waals surface area contributed by atoms with Crippen LogP contribution in [0.3, 0.4) is 0 Å². The smallest absolute Gasteiger partial charge is 0.408 e. The molecule has 7 heteroatoms. The second-order valence-corrected chi connectivity index (χ2v) is 15.9. The summed E-state index contributed by atoms with van der Waals surface area (Å²) in [5.74, 6) is -1.04. The lowest BCUT2D eigenvalue weighted by molar-refractivity contribution is -0.139. The Labute approximate surface area is 223 Å². The quantitative estimate of drug-likeness (QED) is 0.251. The second kappa shape index (κ2) is 13.8. The summed E-state index contributed by atoms with van der Waals surface area (Å²) in [5, 5.41) is 14.4. The van der Waals surface area contributed by atoms with Crippen LogP contribution >= 0.6 is 0 Å². The fraction of sp³-hybridized carbons (Fsp3) is 0.533. The van der Waals surface area contributed by atoms with Gasteiger partial charge in [-0.25, -0.2) is 9.59 Å². The largest absolute Gasteiger partial charge is 0.480 e. The molecule has 0 fully saturated rings. The van der Waals surface area contributed by atoms with Gasteiger partial charge in [-0.1, -0.05) is 107 Å². The highest BCUT2D eigenvalue weighted by Gasteiger charge is 2.49. The molecular weight excluding hydrogens is 482 g/mol. The van der Waals surface area contributed by atoms with Crippen LogP contribution in [0, 0.1) is 0 Å². The van der Waals surface area contributed by atoms with Gasteiger partial charge in [0, 0.05) is 6.61 Å². The molecule has 37 heavy (non-hydrogen) atoms. The molecular formula is C30H45NO5Si. The number of unbranched alkanes of at least 4 members (excludes halogenated alkanes) is 4. The number of carboxylic acids is 1. The van der Waals surface area contributed by atoms with E-state index in [0.29, 0.717) is 13.0 Å². The molecule has 0 bridgehead atoms. The molecule has 1 unspecified atom stereocenters. The van der Waals surface area contributed by atoms with Crippen molar-refractivity contribution in [3.8, 4) is 0 Å². The molecule has 0 saturated carbocycles. The van der Waals surface area contributed by atoms with Gasteiger partial charge >= 0.3 is 12.1 Å². The maximum atomic E-state index is 11.9. The van der Waals surface area contributed by atoms with E-state index in [9.17, 15) is 14.7 Å². The zero-order valence-electron chi connectivity index (χ0n) is 23.4. The number of carboxylic acid groups (broad SMARTS) is 1. The number of ether oxygens (including phenoxy) is 1. The van der Waals surface area contributed by atoms with Gasteiger partial charge in [0.2, 0.25) is 0 Å². The molecule has 2 N–H and O–H groups in total. The van der Waals surface area contributed by atoms with Crippen molar-refractivity contribution in [2.45, 2.75) is 96.7 Å². The Bertz CT molecular complexity index is 927. The van der Waals surface area contributed by atoms with Gasteiger partial charge in [0.05, 0.1) is 0 Å². The van der Waals surface area contributed by atoms with E-state index in [4.69, 9.17) is 9.16 Å². The van der Waals surface area contributed by atoms with Gasteiger partial charge in [-0.05, 0) is 49.0 Å². The van der Waals surface area contributed by atoms with Crippen molar-refractivity contribution in [1.29, 1.82) is 0 Å². The summed E-state index contributed by atoms with van der Waals surface area (Å²) in [6.45, 7) is 12.8. The number of carbonyl (C=O) groups is 2. The van der Waals surface area contributed by atoms with Crippen LogP contribution in [0.25, 0.3) is 0 Å². The number of nitrogens with one attached hydrogen (secondary N) is 1. The molecule has 0 aliphatic heterocycles. The van der Waals surface area contributed by atoms with Gasteiger partial charge in [0.15, 0.2) is 0 Å². The van der Waals surface area contributed by atoms with Crippen molar-refractivity contribution in [2.75, 3.05) is 6.61 Å². The van der Waals surface area contributed by atoms with Crippen molar-refractivity contribution >= 4 is 30.8 Å². The van der Waals surface area contributed by atoms with E-state index in [1.165, 1.54) is 10.4 Å². The number of benzene rings is 2. The van der Waals surface area contributed by atoms with Crippen LogP contribution in [-0.4, -0.2) is 43.7 Å². The van der Waals surface area contributed by atoms with E-state index < -0.39 is 32.0 Å². The average molecular weight is 528 g/mol. The average Bonchev–Trinajstić information content (AvgIpc) is 2.81. The highest BCUT2D eigenvalue weighted by atomic mass is 28.4. The van der Waals surface area contributed by atoms with Crippen LogP contribution in [0.4, 0.5) is 4.79 Å². The molecule has 1 amide bonds. The summed E-state index contributed by atoms with van der Waals surface area (Å²) in [4.78, 5) is 23.5. The molecule has 6 nitrogen and oxygen atoms in total. The zero-order chi connectivity index (χ0) is 27.5. The molecule has 0 aromatic heterocycles. The maximum absolute atomic E-state index is 11.9. The Morgan fingerprint density at radius 3 is 1.76 bits per heavy atom. The fourth-order valence-corrected chi connectivity index (χ4v) is 9.28. The summed E-state index contributed by atoms with van der Waals surface area (Å²) in [7, 11) is -2.50. The first-order valence-electron chi connectivity index (χ1n) is 13.3. The molecule has 0 radical (unpaired) electrons. The van der Waals surface area contributed by atoms with E-state index in [0.717, 1.165) is 32.1 Å². The van der Waals surface area contributed by atoms with E-state index in [2.05, 4.69) is 74.6 Å². The van der Waals surface area contributed by atoms with Gasteiger partial charge in [-0.2, -0.15) is 0 Å². The van der Waals surface area contributed by atoms with Crippen molar-refractivity contribution in [3.63, 3.8) is 0 Å². The third kappa shape index (κ3) is 9.31. The summed E-state index contributed by atoms with van der Waals surface area (Å²) < 4.78 is 12.1. The molecule has 204 valence electrons. The fourth-order valence-electron chi connectivity index (χ4n) is 4.67. The summed E-state index contributed by atoms with van der Waals surface area (Å²) in [5.41, 5.74) is -0.663. The first kappa shape index (κ1) is 30.6. The third-order valence-corrected chi connectivity index (χ3v) is 11.4. The highest BCUT2D eigenvalue weighted by Crippen LogP contribution is 2.36. The Kier molecular flexibility index (Phi) is 11.4. The molecule has 1 atom stereocenters. The molecule has 2 aromatic carbocycles. The lowest BCUT2D eigenvalue weighted by Gasteiger charge is -2.43. The molecule has 2 aromatic rings. The predicted molar refractivity (Wildman–Crippen MR) is 152 cm³/mol.